The second-order valence-electron chi connectivity index (χ2n) is 4.33. The molecule has 1 rings (SSSR count). The summed E-state index contributed by atoms with van der Waals surface area (Å²) in [6.07, 6.45) is 0.00147. The Labute approximate surface area is 133 Å². The lowest BCUT2D eigenvalue weighted by molar-refractivity contribution is 0.0177. The average molecular weight is 356 g/mol. The number of nitrogens with two attached hydrogens (primary N) is 1. The van der Waals surface area contributed by atoms with Gasteiger partial charge in [0, 0.05) is 0 Å². The van der Waals surface area contributed by atoms with E-state index in [1.54, 1.807) is 0 Å². The van der Waals surface area contributed by atoms with Crippen LogP contribution in [0.3, 0.4) is 0 Å². The molecule has 2 N–H and O–H groups in total. The lowest BCUT2D eigenvalue weighted by Gasteiger charge is -2.11. The number of hydrogen-bond donors (Lipinski definition) is 1. The van der Waals surface area contributed by atoms with Crippen LogP contribution in [0.25, 0.3) is 0 Å². The lowest BCUT2D eigenvalue weighted by atomic mass is 10.2. The van der Waals surface area contributed by atoms with Crippen molar-refractivity contribution in [3.05, 3.63) is 27.7 Å². The number of halogens is 2. The van der Waals surface area contributed by atoms with Gasteiger partial charge in [-0.3, -0.25) is 0 Å². The highest BCUT2D eigenvalue weighted by molar-refractivity contribution is 7.89. The van der Waals surface area contributed by atoms with Gasteiger partial charge < -0.3 is 9.47 Å². The smallest absolute Gasteiger partial charge is 0.341 e. The maximum atomic E-state index is 11.9. The molecule has 9 heteroatoms. The van der Waals surface area contributed by atoms with Crippen molar-refractivity contribution in [1.29, 1.82) is 0 Å². The largest absolute Gasteiger partial charge is 0.460 e. The SMILES string of the molecule is CC(C)OCCOC(=O)c1c(Cl)ccc(S(N)(=O)=O)c1Cl. The zero-order valence-corrected chi connectivity index (χ0v) is 13.8. The van der Waals surface area contributed by atoms with Crippen LogP contribution in [0.5, 0.6) is 0 Å². The Hall–Kier alpha value is -0.860. The van der Waals surface area contributed by atoms with Crippen molar-refractivity contribution in [2.75, 3.05) is 13.2 Å². The maximum Gasteiger partial charge on any atom is 0.341 e. The second-order valence-corrected chi connectivity index (χ2v) is 6.65. The Balaban J connectivity index is 2.94. The Morgan fingerprint density at radius 2 is 1.90 bits per heavy atom. The molecule has 0 fully saturated rings. The van der Waals surface area contributed by atoms with E-state index in [9.17, 15) is 13.2 Å². The molecule has 1 aromatic carbocycles. The molecule has 0 atom stereocenters. The minimum atomic E-state index is -4.07. The molecule has 6 nitrogen and oxygen atoms in total. The van der Waals surface area contributed by atoms with Gasteiger partial charge in [-0.15, -0.1) is 0 Å². The quantitative estimate of drug-likeness (QED) is 0.623. The van der Waals surface area contributed by atoms with Gasteiger partial charge in [0.15, 0.2) is 0 Å². The van der Waals surface area contributed by atoms with E-state index in [0.29, 0.717) is 0 Å². The Morgan fingerprint density at radius 3 is 2.43 bits per heavy atom. The molecule has 21 heavy (non-hydrogen) atoms. The molecule has 0 aliphatic rings. The van der Waals surface area contributed by atoms with Crippen molar-refractivity contribution < 1.29 is 22.7 Å². The van der Waals surface area contributed by atoms with E-state index in [-0.39, 0.29) is 39.8 Å². The summed E-state index contributed by atoms with van der Waals surface area (Å²) in [6.45, 7) is 3.87. The third kappa shape index (κ3) is 5.12. The number of carbonyl (C=O) groups is 1. The number of ether oxygens (including phenoxy) is 2. The third-order valence-electron chi connectivity index (χ3n) is 2.33. The average Bonchev–Trinajstić information content (AvgIpc) is 2.32. The molecular weight excluding hydrogens is 341 g/mol. The van der Waals surface area contributed by atoms with Gasteiger partial charge >= 0.3 is 5.97 Å². The minimum absolute atomic E-state index is 0.00147. The summed E-state index contributed by atoms with van der Waals surface area (Å²) >= 11 is 11.7. The van der Waals surface area contributed by atoms with Crippen molar-refractivity contribution >= 4 is 39.2 Å². The number of primary sulfonamides is 1. The van der Waals surface area contributed by atoms with Crippen LogP contribution in [0, 0.1) is 0 Å². The summed E-state index contributed by atoms with van der Waals surface area (Å²) in [7, 11) is -4.07. The standard InChI is InChI=1S/C12H15Cl2NO5S/c1-7(2)19-5-6-20-12(16)10-8(13)3-4-9(11(10)14)21(15,17)18/h3-4,7H,5-6H2,1-2H3,(H2,15,17,18). The van der Waals surface area contributed by atoms with E-state index in [2.05, 4.69) is 0 Å². The van der Waals surface area contributed by atoms with Gasteiger partial charge in [0.25, 0.3) is 0 Å². The molecule has 0 aromatic heterocycles. The van der Waals surface area contributed by atoms with Crippen LogP contribution in [-0.2, 0) is 19.5 Å². The number of rotatable bonds is 6. The van der Waals surface area contributed by atoms with Crippen LogP contribution in [0.4, 0.5) is 0 Å². The number of hydrogen-bond acceptors (Lipinski definition) is 5. The molecule has 0 saturated heterocycles. The summed E-state index contributed by atoms with van der Waals surface area (Å²) in [6, 6.07) is 2.34. The van der Waals surface area contributed by atoms with Crippen LogP contribution in [0.2, 0.25) is 10.0 Å². The molecule has 118 valence electrons. The van der Waals surface area contributed by atoms with Crippen LogP contribution in [0.15, 0.2) is 17.0 Å². The van der Waals surface area contributed by atoms with Crippen molar-refractivity contribution in [2.45, 2.75) is 24.8 Å². The second kappa shape index (κ2) is 7.42. The zero-order valence-electron chi connectivity index (χ0n) is 11.4. The van der Waals surface area contributed by atoms with Crippen LogP contribution in [-0.4, -0.2) is 33.7 Å². The molecule has 0 unspecified atom stereocenters. The van der Waals surface area contributed by atoms with Gasteiger partial charge in [-0.1, -0.05) is 23.2 Å². The predicted molar refractivity (Wildman–Crippen MR) is 79.2 cm³/mol. The Morgan fingerprint density at radius 1 is 1.29 bits per heavy atom. The lowest BCUT2D eigenvalue weighted by Crippen LogP contribution is -2.17. The fourth-order valence-corrected chi connectivity index (χ4v) is 2.89. The van der Waals surface area contributed by atoms with Gasteiger partial charge in [0.05, 0.1) is 28.3 Å². The predicted octanol–water partition coefficient (Wildman–Crippen LogP) is 2.22. The summed E-state index contributed by atoms with van der Waals surface area (Å²) in [5, 5.41) is 4.62. The Bertz CT molecular complexity index is 631. The number of carbonyl (C=O) groups excluding carboxylic acids is 1. The number of esters is 1. The number of benzene rings is 1. The fraction of sp³-hybridized carbons (Fsp3) is 0.417. The molecular formula is C12H15Cl2NO5S. The van der Waals surface area contributed by atoms with E-state index in [0.717, 1.165) is 6.07 Å². The van der Waals surface area contributed by atoms with Crippen LogP contribution < -0.4 is 5.14 Å². The summed E-state index contributed by atoms with van der Waals surface area (Å²) < 4.78 is 32.9. The first-order chi connectivity index (χ1) is 9.64. The topological polar surface area (TPSA) is 95.7 Å². The fourth-order valence-electron chi connectivity index (χ4n) is 1.43. The minimum Gasteiger partial charge on any atom is -0.460 e. The molecule has 0 aliphatic carbocycles. The normalized spacial score (nSPS) is 11.7. The van der Waals surface area contributed by atoms with Crippen LogP contribution >= 0.6 is 23.2 Å². The molecule has 0 aliphatic heterocycles. The van der Waals surface area contributed by atoms with Gasteiger partial charge in [-0.2, -0.15) is 0 Å². The van der Waals surface area contributed by atoms with Crippen LogP contribution in [0.1, 0.15) is 24.2 Å². The number of sulfonamides is 1. The molecule has 1 aromatic rings. The first-order valence-electron chi connectivity index (χ1n) is 5.94. The third-order valence-corrected chi connectivity index (χ3v) is 4.11. The molecule has 0 radical (unpaired) electrons. The maximum absolute atomic E-state index is 11.9. The molecule has 0 amide bonds. The zero-order chi connectivity index (χ0) is 16.2. The molecule has 0 spiro atoms. The summed E-state index contributed by atoms with van der Waals surface area (Å²) in [4.78, 5) is 11.5. The van der Waals surface area contributed by atoms with E-state index in [4.69, 9.17) is 37.8 Å². The van der Waals surface area contributed by atoms with Gasteiger partial charge in [0.2, 0.25) is 10.0 Å². The monoisotopic (exact) mass is 355 g/mol. The highest BCUT2D eigenvalue weighted by atomic mass is 35.5. The van der Waals surface area contributed by atoms with Gasteiger partial charge in [0.1, 0.15) is 11.5 Å². The first kappa shape index (κ1) is 18.2. The Kier molecular flexibility index (Phi) is 6.42. The first-order valence-corrected chi connectivity index (χ1v) is 8.24. The molecule has 0 saturated carbocycles. The van der Waals surface area contributed by atoms with E-state index in [1.165, 1.54) is 6.07 Å². The highest BCUT2D eigenvalue weighted by Gasteiger charge is 2.23. The highest BCUT2D eigenvalue weighted by Crippen LogP contribution is 2.31. The van der Waals surface area contributed by atoms with Crippen molar-refractivity contribution in [1.82, 2.24) is 0 Å². The summed E-state index contributed by atoms with van der Waals surface area (Å²) in [5.74, 6) is -0.845. The summed E-state index contributed by atoms with van der Waals surface area (Å²) in [5.41, 5.74) is -0.241. The molecule has 0 bridgehead atoms. The van der Waals surface area contributed by atoms with E-state index >= 15 is 0 Å². The van der Waals surface area contributed by atoms with Crippen molar-refractivity contribution in [3.8, 4) is 0 Å². The van der Waals surface area contributed by atoms with Gasteiger partial charge in [-0.05, 0) is 26.0 Å². The van der Waals surface area contributed by atoms with Crippen molar-refractivity contribution in [3.63, 3.8) is 0 Å². The van der Waals surface area contributed by atoms with Crippen molar-refractivity contribution in [2.24, 2.45) is 5.14 Å². The van der Waals surface area contributed by atoms with E-state index in [1.807, 2.05) is 13.8 Å². The van der Waals surface area contributed by atoms with E-state index < -0.39 is 16.0 Å². The molecule has 0 heterocycles. The van der Waals surface area contributed by atoms with Gasteiger partial charge in [-0.25, -0.2) is 18.4 Å².